The Bertz CT molecular complexity index is 1110. The maximum atomic E-state index is 12.1. The van der Waals surface area contributed by atoms with Gasteiger partial charge in [0.15, 0.2) is 5.58 Å². The number of furan rings is 1. The second-order valence-corrected chi connectivity index (χ2v) is 6.01. The van der Waals surface area contributed by atoms with Crippen molar-refractivity contribution in [1.29, 1.82) is 0 Å². The van der Waals surface area contributed by atoms with Crippen LogP contribution >= 0.6 is 11.6 Å². The number of aryl methyl sites for hydroxylation is 1. The van der Waals surface area contributed by atoms with Crippen molar-refractivity contribution in [3.63, 3.8) is 0 Å². The average Bonchev–Trinajstić information content (AvgIpc) is 3.17. The number of H-pyrrole nitrogens is 1. The highest BCUT2D eigenvalue weighted by Gasteiger charge is 2.19. The number of halogens is 1. The number of para-hydroxylation sites is 1. The number of hydrogen-bond donors (Lipinski definition) is 2. The predicted molar refractivity (Wildman–Crippen MR) is 96.7 cm³/mol. The van der Waals surface area contributed by atoms with Crippen LogP contribution in [0.3, 0.4) is 0 Å². The van der Waals surface area contributed by atoms with Crippen molar-refractivity contribution in [3.8, 4) is 0 Å². The minimum Gasteiger partial charge on any atom is -0.465 e. The van der Waals surface area contributed by atoms with Crippen molar-refractivity contribution >= 4 is 51.2 Å². The summed E-state index contributed by atoms with van der Waals surface area (Å²) in [6.45, 7) is 1.83. The van der Waals surface area contributed by atoms with Crippen molar-refractivity contribution < 1.29 is 13.9 Å². The van der Waals surface area contributed by atoms with Gasteiger partial charge in [-0.1, -0.05) is 23.7 Å². The molecule has 0 radical (unpaired) electrons. The fourth-order valence-electron chi connectivity index (χ4n) is 2.81. The maximum Gasteiger partial charge on any atom is 0.341 e. The monoisotopic (exact) mass is 355 g/mol. The third-order valence-corrected chi connectivity index (χ3v) is 4.24. The van der Waals surface area contributed by atoms with E-state index >= 15 is 0 Å². The van der Waals surface area contributed by atoms with Crippen LogP contribution in [-0.2, 0) is 4.74 Å². The van der Waals surface area contributed by atoms with Crippen LogP contribution in [0.15, 0.2) is 40.8 Å². The highest BCUT2D eigenvalue weighted by atomic mass is 35.5. The summed E-state index contributed by atoms with van der Waals surface area (Å²) in [7, 11) is 1.34. The lowest BCUT2D eigenvalue weighted by atomic mass is 10.1. The van der Waals surface area contributed by atoms with Crippen molar-refractivity contribution in [2.45, 2.75) is 6.92 Å². The van der Waals surface area contributed by atoms with Crippen LogP contribution < -0.4 is 5.32 Å². The SMILES string of the molecule is COC(=O)c1cc2nc(Nc3ccccc3Cl)[nH]c2c2cc(C)oc12. The molecule has 25 heavy (non-hydrogen) atoms. The minimum absolute atomic E-state index is 0.342. The molecule has 0 aliphatic carbocycles. The number of hydrogen-bond acceptors (Lipinski definition) is 5. The molecule has 2 heterocycles. The molecule has 2 aromatic carbocycles. The van der Waals surface area contributed by atoms with E-state index in [1.165, 1.54) is 7.11 Å². The summed E-state index contributed by atoms with van der Waals surface area (Å²) in [5.74, 6) is 0.748. The largest absolute Gasteiger partial charge is 0.465 e. The first-order valence-corrected chi connectivity index (χ1v) is 7.97. The zero-order valence-electron chi connectivity index (χ0n) is 13.5. The number of rotatable bonds is 3. The minimum atomic E-state index is -0.468. The molecule has 126 valence electrons. The van der Waals surface area contributed by atoms with E-state index in [1.54, 1.807) is 12.1 Å². The Morgan fingerprint density at radius 3 is 2.88 bits per heavy atom. The van der Waals surface area contributed by atoms with Crippen LogP contribution in [0.2, 0.25) is 5.02 Å². The number of carbonyl (C=O) groups is 1. The first kappa shape index (κ1) is 15.5. The Morgan fingerprint density at radius 1 is 1.32 bits per heavy atom. The molecule has 0 bridgehead atoms. The molecule has 4 rings (SSSR count). The summed E-state index contributed by atoms with van der Waals surface area (Å²) in [5, 5.41) is 4.51. The molecule has 0 aliphatic heterocycles. The molecule has 0 spiro atoms. The molecule has 4 aromatic rings. The number of nitrogens with zero attached hydrogens (tertiary/aromatic N) is 1. The number of fused-ring (bicyclic) bond motifs is 3. The summed E-state index contributed by atoms with van der Waals surface area (Å²) in [6, 6.07) is 10.9. The Morgan fingerprint density at radius 2 is 2.12 bits per heavy atom. The van der Waals surface area contributed by atoms with Crippen molar-refractivity contribution in [1.82, 2.24) is 9.97 Å². The zero-order chi connectivity index (χ0) is 17.6. The van der Waals surface area contributed by atoms with Gasteiger partial charge >= 0.3 is 5.97 Å². The van der Waals surface area contributed by atoms with E-state index < -0.39 is 5.97 Å². The molecule has 0 amide bonds. The summed E-state index contributed by atoms with van der Waals surface area (Å²) in [4.78, 5) is 19.8. The van der Waals surface area contributed by atoms with Gasteiger partial charge in [0, 0.05) is 5.39 Å². The van der Waals surface area contributed by atoms with Gasteiger partial charge in [-0.15, -0.1) is 0 Å². The quantitative estimate of drug-likeness (QED) is 0.516. The van der Waals surface area contributed by atoms with Crippen molar-refractivity contribution in [2.75, 3.05) is 12.4 Å². The van der Waals surface area contributed by atoms with Gasteiger partial charge in [-0.25, -0.2) is 9.78 Å². The van der Waals surface area contributed by atoms with Gasteiger partial charge in [-0.3, -0.25) is 0 Å². The fourth-order valence-corrected chi connectivity index (χ4v) is 2.99. The number of benzene rings is 2. The number of methoxy groups -OCH3 is 1. The molecule has 7 heteroatoms. The predicted octanol–water partition coefficient (Wildman–Crippen LogP) is 4.80. The summed E-state index contributed by atoms with van der Waals surface area (Å²) < 4.78 is 10.5. The highest BCUT2D eigenvalue weighted by molar-refractivity contribution is 6.33. The molecule has 6 nitrogen and oxygen atoms in total. The highest BCUT2D eigenvalue weighted by Crippen LogP contribution is 2.32. The maximum absolute atomic E-state index is 12.1. The molecule has 0 saturated heterocycles. The van der Waals surface area contributed by atoms with Crippen molar-refractivity contribution in [3.05, 3.63) is 52.7 Å². The number of aromatic amines is 1. The van der Waals surface area contributed by atoms with E-state index in [9.17, 15) is 4.79 Å². The van der Waals surface area contributed by atoms with Gasteiger partial charge in [0.2, 0.25) is 5.95 Å². The number of carbonyl (C=O) groups excluding carboxylic acids is 1. The number of imidazole rings is 1. The Hall–Kier alpha value is -2.99. The lowest BCUT2D eigenvalue weighted by Gasteiger charge is -2.03. The standard InChI is InChI=1S/C18H14ClN3O3/c1-9-7-10-15-14(8-11(16(10)25-9)17(23)24-2)21-18(22-15)20-13-6-4-3-5-12(13)19/h3-8H,1-2H3,(H2,20,21,22). The molecule has 0 saturated carbocycles. The number of anilines is 2. The van der Waals surface area contributed by atoms with Crippen LogP contribution in [0.25, 0.3) is 22.0 Å². The van der Waals surface area contributed by atoms with E-state index in [4.69, 9.17) is 20.8 Å². The lowest BCUT2D eigenvalue weighted by Crippen LogP contribution is -2.01. The van der Waals surface area contributed by atoms with Gasteiger partial charge in [-0.05, 0) is 31.2 Å². The normalized spacial score (nSPS) is 11.2. The number of esters is 1. The summed E-state index contributed by atoms with van der Waals surface area (Å²) in [6.07, 6.45) is 0. The van der Waals surface area contributed by atoms with Crippen LogP contribution in [0, 0.1) is 6.92 Å². The molecular formula is C18H14ClN3O3. The van der Waals surface area contributed by atoms with Gasteiger partial charge in [0.1, 0.15) is 11.3 Å². The lowest BCUT2D eigenvalue weighted by molar-refractivity contribution is 0.0602. The molecule has 0 fully saturated rings. The molecule has 2 aromatic heterocycles. The van der Waals surface area contributed by atoms with Crippen LogP contribution in [0.4, 0.5) is 11.6 Å². The Balaban J connectivity index is 1.89. The molecular weight excluding hydrogens is 342 g/mol. The van der Waals surface area contributed by atoms with Gasteiger partial charge < -0.3 is 19.5 Å². The average molecular weight is 356 g/mol. The number of ether oxygens (including phenoxy) is 1. The van der Waals surface area contributed by atoms with Crippen LogP contribution in [0.1, 0.15) is 16.1 Å². The fraction of sp³-hybridized carbons (Fsp3) is 0.111. The Kier molecular flexibility index (Phi) is 3.62. The molecule has 0 unspecified atom stereocenters. The van der Waals surface area contributed by atoms with E-state index in [-0.39, 0.29) is 0 Å². The van der Waals surface area contributed by atoms with E-state index in [1.807, 2.05) is 31.2 Å². The first-order chi connectivity index (χ1) is 12.1. The third-order valence-electron chi connectivity index (χ3n) is 3.91. The first-order valence-electron chi connectivity index (χ1n) is 7.59. The van der Waals surface area contributed by atoms with Gasteiger partial charge in [-0.2, -0.15) is 0 Å². The van der Waals surface area contributed by atoms with Gasteiger partial charge in [0.25, 0.3) is 0 Å². The Labute approximate surface area is 147 Å². The smallest absolute Gasteiger partial charge is 0.341 e. The van der Waals surface area contributed by atoms with Gasteiger partial charge in [0.05, 0.1) is 28.9 Å². The third kappa shape index (κ3) is 2.60. The number of aromatic nitrogens is 2. The van der Waals surface area contributed by atoms with E-state index in [0.29, 0.717) is 33.4 Å². The molecule has 0 atom stereocenters. The zero-order valence-corrected chi connectivity index (χ0v) is 14.3. The van der Waals surface area contributed by atoms with Crippen molar-refractivity contribution in [2.24, 2.45) is 0 Å². The van der Waals surface area contributed by atoms with Crippen LogP contribution in [-0.4, -0.2) is 23.0 Å². The molecule has 0 aliphatic rings. The molecule has 2 N–H and O–H groups in total. The second kappa shape index (κ2) is 5.82. The summed E-state index contributed by atoms with van der Waals surface area (Å²) >= 11 is 6.18. The number of nitrogens with one attached hydrogen (secondary N) is 2. The van der Waals surface area contributed by atoms with E-state index in [2.05, 4.69) is 15.3 Å². The topological polar surface area (TPSA) is 80.1 Å². The van der Waals surface area contributed by atoms with E-state index in [0.717, 1.165) is 16.6 Å². The summed E-state index contributed by atoms with van der Waals surface area (Å²) in [5.41, 5.74) is 2.95. The van der Waals surface area contributed by atoms with Crippen LogP contribution in [0.5, 0.6) is 0 Å². The second-order valence-electron chi connectivity index (χ2n) is 5.60.